The van der Waals surface area contributed by atoms with Crippen LogP contribution in [-0.2, 0) is 4.74 Å². The minimum absolute atomic E-state index is 0.164. The van der Waals surface area contributed by atoms with Crippen LogP contribution in [0.1, 0.15) is 49.2 Å². The summed E-state index contributed by atoms with van der Waals surface area (Å²) >= 11 is 1.30. The summed E-state index contributed by atoms with van der Waals surface area (Å²) in [5.41, 5.74) is 3.35. The number of anilines is 1. The van der Waals surface area contributed by atoms with Gasteiger partial charge in [-0.25, -0.2) is 4.79 Å². The summed E-state index contributed by atoms with van der Waals surface area (Å²) in [5, 5.41) is 5.40. The molecular formula is C19H22N2O4S. The van der Waals surface area contributed by atoms with Crippen LogP contribution in [0.4, 0.5) is 9.80 Å². The normalized spacial score (nSPS) is 10.3. The molecule has 26 heavy (non-hydrogen) atoms. The Balaban J connectivity index is 2.31. The summed E-state index contributed by atoms with van der Waals surface area (Å²) in [6.45, 7) is 9.21. The third-order valence-electron chi connectivity index (χ3n) is 3.97. The van der Waals surface area contributed by atoms with E-state index < -0.39 is 12.0 Å². The predicted octanol–water partition coefficient (Wildman–Crippen LogP) is 4.12. The predicted molar refractivity (Wildman–Crippen MR) is 102 cm³/mol. The Kier molecular flexibility index (Phi) is 6.15. The molecule has 6 nitrogen and oxygen atoms in total. The van der Waals surface area contributed by atoms with Gasteiger partial charge in [0.25, 0.3) is 11.8 Å². The number of carbonyl (C=O) groups is 3. The second-order valence-electron chi connectivity index (χ2n) is 5.93. The molecule has 2 aromatic rings. The number of hydrogen-bond acceptors (Lipinski definition) is 5. The number of imide groups is 1. The van der Waals surface area contributed by atoms with Gasteiger partial charge >= 0.3 is 6.09 Å². The van der Waals surface area contributed by atoms with Gasteiger partial charge in [0.2, 0.25) is 0 Å². The first kappa shape index (κ1) is 19.7. The average molecular weight is 374 g/mol. The molecule has 0 aliphatic carbocycles. The second-order valence-corrected chi connectivity index (χ2v) is 7.16. The molecule has 3 amide bonds. The number of aryl methyl sites for hydroxylation is 3. The van der Waals surface area contributed by atoms with Gasteiger partial charge in [-0.3, -0.25) is 14.9 Å². The summed E-state index contributed by atoms with van der Waals surface area (Å²) in [7, 11) is 0. The standard InChI is InChI=1S/C19H22N2O4S/c1-6-25-19(24)21-17(23)15-12(4)13(5)26-18(15)20-16(22)14-9-10(2)7-8-11(14)3/h7-9H,6H2,1-5H3,(H,20,22)(H,21,23,24). The second kappa shape index (κ2) is 8.14. The van der Waals surface area contributed by atoms with Gasteiger partial charge in [-0.05, 0) is 51.8 Å². The van der Waals surface area contributed by atoms with Crippen molar-refractivity contribution in [2.75, 3.05) is 11.9 Å². The van der Waals surface area contributed by atoms with Crippen molar-refractivity contribution in [2.45, 2.75) is 34.6 Å². The molecule has 0 saturated heterocycles. The maximum Gasteiger partial charge on any atom is 0.414 e. The van der Waals surface area contributed by atoms with Crippen LogP contribution in [0, 0.1) is 27.7 Å². The van der Waals surface area contributed by atoms with E-state index in [1.165, 1.54) is 11.3 Å². The maximum atomic E-state index is 12.7. The summed E-state index contributed by atoms with van der Waals surface area (Å²) < 4.78 is 4.75. The van der Waals surface area contributed by atoms with Gasteiger partial charge in [0.05, 0.1) is 12.2 Å². The lowest BCUT2D eigenvalue weighted by atomic mass is 10.0. The van der Waals surface area contributed by atoms with Gasteiger partial charge in [-0.2, -0.15) is 0 Å². The Hall–Kier alpha value is -2.67. The molecule has 0 fully saturated rings. The molecule has 1 aromatic heterocycles. The highest BCUT2D eigenvalue weighted by molar-refractivity contribution is 7.16. The fourth-order valence-electron chi connectivity index (χ4n) is 2.46. The lowest BCUT2D eigenvalue weighted by Crippen LogP contribution is -2.32. The van der Waals surface area contributed by atoms with Crippen molar-refractivity contribution >= 4 is 34.2 Å². The van der Waals surface area contributed by atoms with E-state index in [2.05, 4.69) is 10.6 Å². The molecule has 0 radical (unpaired) electrons. The monoisotopic (exact) mass is 374 g/mol. The zero-order chi connectivity index (χ0) is 19.4. The van der Waals surface area contributed by atoms with Gasteiger partial charge in [0, 0.05) is 10.4 Å². The number of hydrogen-bond donors (Lipinski definition) is 2. The molecule has 138 valence electrons. The molecule has 1 aromatic carbocycles. The molecule has 0 atom stereocenters. The Morgan fingerprint density at radius 1 is 1.08 bits per heavy atom. The summed E-state index contributed by atoms with van der Waals surface area (Å²) in [5.74, 6) is -0.890. The zero-order valence-corrected chi connectivity index (χ0v) is 16.3. The first-order chi connectivity index (χ1) is 12.2. The molecule has 0 aliphatic heterocycles. The highest BCUT2D eigenvalue weighted by Crippen LogP contribution is 2.33. The van der Waals surface area contributed by atoms with Crippen molar-refractivity contribution in [3.05, 3.63) is 50.9 Å². The van der Waals surface area contributed by atoms with Gasteiger partial charge in [0.1, 0.15) is 5.00 Å². The van der Waals surface area contributed by atoms with Gasteiger partial charge in [-0.15, -0.1) is 11.3 Å². The summed E-state index contributed by atoms with van der Waals surface area (Å²) in [6.07, 6.45) is -0.812. The quantitative estimate of drug-likeness (QED) is 0.843. The molecule has 0 saturated carbocycles. The number of amides is 3. The van der Waals surface area contributed by atoms with Crippen LogP contribution in [0.15, 0.2) is 18.2 Å². The molecule has 1 heterocycles. The molecule has 0 aliphatic rings. The lowest BCUT2D eigenvalue weighted by molar-refractivity contribution is 0.0925. The average Bonchev–Trinajstić information content (AvgIpc) is 2.84. The number of rotatable bonds is 4. The number of ether oxygens (including phenoxy) is 1. The molecule has 2 N–H and O–H groups in total. The van der Waals surface area contributed by atoms with Crippen molar-refractivity contribution in [2.24, 2.45) is 0 Å². The van der Waals surface area contributed by atoms with E-state index >= 15 is 0 Å². The van der Waals surface area contributed by atoms with Crippen LogP contribution in [-0.4, -0.2) is 24.5 Å². The molecule has 0 bridgehead atoms. The number of alkyl carbamates (subject to hydrolysis) is 1. The Bertz CT molecular complexity index is 871. The highest BCUT2D eigenvalue weighted by atomic mass is 32.1. The van der Waals surface area contributed by atoms with Crippen molar-refractivity contribution in [3.63, 3.8) is 0 Å². The van der Waals surface area contributed by atoms with Crippen LogP contribution in [0.3, 0.4) is 0 Å². The summed E-state index contributed by atoms with van der Waals surface area (Å²) in [4.78, 5) is 37.6. The van der Waals surface area contributed by atoms with Gasteiger partial charge in [0.15, 0.2) is 0 Å². The molecule has 2 rings (SSSR count). The number of nitrogens with one attached hydrogen (secondary N) is 2. The van der Waals surface area contributed by atoms with E-state index in [9.17, 15) is 14.4 Å². The van der Waals surface area contributed by atoms with Crippen LogP contribution >= 0.6 is 11.3 Å². The minimum Gasteiger partial charge on any atom is -0.450 e. The highest BCUT2D eigenvalue weighted by Gasteiger charge is 2.23. The number of carbonyl (C=O) groups excluding carboxylic acids is 3. The van der Waals surface area contributed by atoms with Crippen LogP contribution in [0.25, 0.3) is 0 Å². The zero-order valence-electron chi connectivity index (χ0n) is 15.5. The first-order valence-corrected chi connectivity index (χ1v) is 9.03. The van der Waals surface area contributed by atoms with Crippen molar-refractivity contribution in [1.29, 1.82) is 0 Å². The van der Waals surface area contributed by atoms with E-state index in [1.54, 1.807) is 19.9 Å². The van der Waals surface area contributed by atoms with E-state index in [0.29, 0.717) is 16.1 Å². The molecule has 7 heteroatoms. The Morgan fingerprint density at radius 3 is 2.42 bits per heavy atom. The van der Waals surface area contributed by atoms with Crippen LogP contribution < -0.4 is 10.6 Å². The lowest BCUT2D eigenvalue weighted by Gasteiger charge is -2.10. The minimum atomic E-state index is -0.812. The molecular weight excluding hydrogens is 352 g/mol. The maximum absolute atomic E-state index is 12.7. The van der Waals surface area contributed by atoms with Gasteiger partial charge < -0.3 is 10.1 Å². The van der Waals surface area contributed by atoms with E-state index in [-0.39, 0.29) is 18.1 Å². The van der Waals surface area contributed by atoms with Crippen molar-refractivity contribution in [1.82, 2.24) is 5.32 Å². The number of thiophene rings is 1. The van der Waals surface area contributed by atoms with Gasteiger partial charge in [-0.1, -0.05) is 17.7 Å². The smallest absolute Gasteiger partial charge is 0.414 e. The fourth-order valence-corrected chi connectivity index (χ4v) is 3.51. The van der Waals surface area contributed by atoms with Crippen LogP contribution in [0.5, 0.6) is 0 Å². The Labute approximate surface area is 156 Å². The topological polar surface area (TPSA) is 84.5 Å². The van der Waals surface area contributed by atoms with Crippen LogP contribution in [0.2, 0.25) is 0 Å². The third-order valence-corrected chi connectivity index (χ3v) is 5.09. The van der Waals surface area contributed by atoms with E-state index in [1.807, 2.05) is 32.9 Å². The fraction of sp³-hybridized carbons (Fsp3) is 0.316. The Morgan fingerprint density at radius 2 is 1.77 bits per heavy atom. The summed E-state index contributed by atoms with van der Waals surface area (Å²) in [6, 6.07) is 5.61. The van der Waals surface area contributed by atoms with Crippen molar-refractivity contribution in [3.8, 4) is 0 Å². The third kappa shape index (κ3) is 4.29. The first-order valence-electron chi connectivity index (χ1n) is 8.21. The largest absolute Gasteiger partial charge is 0.450 e. The molecule has 0 spiro atoms. The number of benzene rings is 1. The van der Waals surface area contributed by atoms with Crippen molar-refractivity contribution < 1.29 is 19.1 Å². The van der Waals surface area contributed by atoms with E-state index in [0.717, 1.165) is 16.0 Å². The molecule has 0 unspecified atom stereocenters. The SMILES string of the molecule is CCOC(=O)NC(=O)c1c(NC(=O)c2cc(C)ccc2C)sc(C)c1C. The van der Waals surface area contributed by atoms with E-state index in [4.69, 9.17) is 4.74 Å².